The first-order chi connectivity index (χ1) is 5.88. The lowest BCUT2D eigenvalue weighted by Crippen LogP contribution is -2.16. The molecule has 0 aliphatic carbocycles. The van der Waals surface area contributed by atoms with Gasteiger partial charge in [0.25, 0.3) is 5.88 Å². The lowest BCUT2D eigenvalue weighted by atomic mass is 9.92. The van der Waals surface area contributed by atoms with Crippen molar-refractivity contribution in [1.82, 2.24) is 9.78 Å². The van der Waals surface area contributed by atoms with Crippen molar-refractivity contribution in [3.8, 4) is 5.88 Å². The number of ether oxygens (including phenoxy) is 1. The fraction of sp³-hybridized carbons (Fsp3) is 0.667. The molecule has 4 heteroatoms. The molecule has 1 aromatic heterocycles. The van der Waals surface area contributed by atoms with Gasteiger partial charge < -0.3 is 4.74 Å². The van der Waals surface area contributed by atoms with Gasteiger partial charge in [-0.2, -0.15) is 0 Å². The van der Waals surface area contributed by atoms with Gasteiger partial charge in [0.1, 0.15) is 5.02 Å². The minimum absolute atomic E-state index is 0.0182. The molecule has 3 nitrogen and oxygen atoms in total. The van der Waals surface area contributed by atoms with Crippen molar-refractivity contribution in [1.29, 1.82) is 0 Å². The summed E-state index contributed by atoms with van der Waals surface area (Å²) in [5.41, 5.74) is 0.973. The Morgan fingerprint density at radius 2 is 1.92 bits per heavy atom. The Kier molecular flexibility index (Phi) is 2.57. The molecule has 0 bridgehead atoms. The topological polar surface area (TPSA) is 27.1 Å². The number of hydrogen-bond donors (Lipinski definition) is 0. The van der Waals surface area contributed by atoms with E-state index in [1.807, 2.05) is 7.05 Å². The zero-order chi connectivity index (χ0) is 10.2. The summed E-state index contributed by atoms with van der Waals surface area (Å²) in [4.78, 5) is 0. The van der Waals surface area contributed by atoms with Gasteiger partial charge in [-0.05, 0) is 0 Å². The van der Waals surface area contributed by atoms with Crippen LogP contribution in [0.25, 0.3) is 0 Å². The van der Waals surface area contributed by atoms with E-state index >= 15 is 0 Å². The quantitative estimate of drug-likeness (QED) is 0.699. The largest absolute Gasteiger partial charge is 0.479 e. The third-order valence-corrected chi connectivity index (χ3v) is 2.20. The fourth-order valence-corrected chi connectivity index (χ4v) is 1.94. The van der Waals surface area contributed by atoms with E-state index in [-0.39, 0.29) is 5.41 Å². The number of halogens is 1. The van der Waals surface area contributed by atoms with Crippen LogP contribution in [0.2, 0.25) is 5.02 Å². The van der Waals surface area contributed by atoms with Gasteiger partial charge in [0, 0.05) is 12.5 Å². The number of aryl methyl sites for hydroxylation is 1. The molecular weight excluding hydrogens is 188 g/mol. The Labute approximate surface area is 83.6 Å². The molecule has 0 radical (unpaired) electrons. The van der Waals surface area contributed by atoms with Crippen LogP contribution in [-0.2, 0) is 12.5 Å². The zero-order valence-electron chi connectivity index (χ0n) is 8.68. The molecule has 0 atom stereocenters. The van der Waals surface area contributed by atoms with Gasteiger partial charge in [-0.3, -0.25) is 4.68 Å². The van der Waals surface area contributed by atoms with Crippen molar-refractivity contribution in [2.24, 2.45) is 7.05 Å². The van der Waals surface area contributed by atoms with Crippen LogP contribution in [0, 0.1) is 0 Å². The number of rotatable bonds is 1. The molecule has 1 rings (SSSR count). The Hall–Kier alpha value is -0.700. The van der Waals surface area contributed by atoms with E-state index in [1.54, 1.807) is 11.8 Å². The molecule has 0 N–H and O–H groups in total. The fourth-order valence-electron chi connectivity index (χ4n) is 1.42. The number of aromatic nitrogens is 2. The third-order valence-electron chi connectivity index (χ3n) is 1.86. The zero-order valence-corrected chi connectivity index (χ0v) is 9.44. The lowest BCUT2D eigenvalue weighted by Gasteiger charge is -2.18. The van der Waals surface area contributed by atoms with Gasteiger partial charge in [-0.1, -0.05) is 32.4 Å². The second kappa shape index (κ2) is 3.22. The number of nitrogens with zero attached hydrogens (tertiary/aromatic N) is 2. The maximum Gasteiger partial charge on any atom is 0.251 e. The summed E-state index contributed by atoms with van der Waals surface area (Å²) in [5, 5.41) is 4.77. The molecule has 1 aromatic rings. The van der Waals surface area contributed by atoms with Gasteiger partial charge in [0.15, 0.2) is 0 Å². The van der Waals surface area contributed by atoms with Crippen molar-refractivity contribution in [2.75, 3.05) is 7.11 Å². The molecule has 0 aliphatic rings. The Morgan fingerprint density at radius 3 is 2.15 bits per heavy atom. The Bertz CT molecular complexity index is 312. The predicted octanol–water partition coefficient (Wildman–Crippen LogP) is 2.38. The molecule has 0 spiro atoms. The highest BCUT2D eigenvalue weighted by Gasteiger charge is 2.25. The maximum absolute atomic E-state index is 6.11. The summed E-state index contributed by atoms with van der Waals surface area (Å²) in [5.74, 6) is 0.495. The van der Waals surface area contributed by atoms with Crippen LogP contribution in [0.5, 0.6) is 5.88 Å². The summed E-state index contributed by atoms with van der Waals surface area (Å²) in [6.07, 6.45) is 0. The van der Waals surface area contributed by atoms with E-state index in [4.69, 9.17) is 16.3 Å². The van der Waals surface area contributed by atoms with Crippen molar-refractivity contribution in [2.45, 2.75) is 26.2 Å². The van der Waals surface area contributed by atoms with E-state index in [0.717, 1.165) is 5.69 Å². The van der Waals surface area contributed by atoms with Gasteiger partial charge in [0.2, 0.25) is 0 Å². The first-order valence-electron chi connectivity index (χ1n) is 4.15. The predicted molar refractivity (Wildman–Crippen MR) is 53.5 cm³/mol. The first kappa shape index (κ1) is 10.4. The minimum atomic E-state index is -0.0182. The second-order valence-electron chi connectivity index (χ2n) is 4.05. The number of methoxy groups -OCH3 is 1. The van der Waals surface area contributed by atoms with Crippen LogP contribution in [0.4, 0.5) is 0 Å². The minimum Gasteiger partial charge on any atom is -0.479 e. The van der Waals surface area contributed by atoms with Crippen molar-refractivity contribution < 1.29 is 4.74 Å². The highest BCUT2D eigenvalue weighted by atomic mass is 35.5. The van der Waals surface area contributed by atoms with Crippen LogP contribution >= 0.6 is 11.6 Å². The molecule has 0 fully saturated rings. The van der Waals surface area contributed by atoms with Gasteiger partial charge >= 0.3 is 0 Å². The molecule has 0 aliphatic heterocycles. The van der Waals surface area contributed by atoms with E-state index < -0.39 is 0 Å². The van der Waals surface area contributed by atoms with Crippen LogP contribution in [0.1, 0.15) is 26.5 Å². The molecule has 0 saturated heterocycles. The van der Waals surface area contributed by atoms with E-state index in [1.165, 1.54) is 0 Å². The lowest BCUT2D eigenvalue weighted by molar-refractivity contribution is 0.391. The molecule has 0 saturated carbocycles. The van der Waals surface area contributed by atoms with Crippen LogP contribution < -0.4 is 4.74 Å². The van der Waals surface area contributed by atoms with Gasteiger partial charge in [-0.25, -0.2) is 0 Å². The smallest absolute Gasteiger partial charge is 0.251 e. The monoisotopic (exact) mass is 202 g/mol. The summed E-state index contributed by atoms with van der Waals surface area (Å²) in [6, 6.07) is 0. The highest BCUT2D eigenvalue weighted by Crippen LogP contribution is 2.34. The van der Waals surface area contributed by atoms with Crippen molar-refractivity contribution >= 4 is 11.6 Å². The molecule has 0 unspecified atom stereocenters. The standard InChI is InChI=1S/C9H15ClN2O/c1-9(2,3)7-6(10)8(13-5)11-12(7)4/h1-5H3. The van der Waals surface area contributed by atoms with Gasteiger partial charge in [-0.15, -0.1) is 5.10 Å². The normalized spacial score (nSPS) is 11.8. The van der Waals surface area contributed by atoms with E-state index in [9.17, 15) is 0 Å². The average molecular weight is 203 g/mol. The molecule has 0 aromatic carbocycles. The summed E-state index contributed by atoms with van der Waals surface area (Å²) < 4.78 is 6.80. The van der Waals surface area contributed by atoms with E-state index in [0.29, 0.717) is 10.9 Å². The van der Waals surface area contributed by atoms with Crippen LogP contribution in [-0.4, -0.2) is 16.9 Å². The molecule has 1 heterocycles. The van der Waals surface area contributed by atoms with Crippen molar-refractivity contribution in [3.05, 3.63) is 10.7 Å². The summed E-state index contributed by atoms with van der Waals surface area (Å²) in [7, 11) is 3.44. The van der Waals surface area contributed by atoms with Crippen LogP contribution in [0.15, 0.2) is 0 Å². The average Bonchev–Trinajstić information content (AvgIpc) is 2.24. The summed E-state index contributed by atoms with van der Waals surface area (Å²) in [6.45, 7) is 6.28. The maximum atomic E-state index is 6.11. The second-order valence-corrected chi connectivity index (χ2v) is 4.42. The molecule has 0 amide bonds. The number of hydrogen-bond acceptors (Lipinski definition) is 2. The third kappa shape index (κ3) is 1.80. The molecule has 13 heavy (non-hydrogen) atoms. The molecular formula is C9H15ClN2O. The Morgan fingerprint density at radius 1 is 1.38 bits per heavy atom. The van der Waals surface area contributed by atoms with Crippen molar-refractivity contribution in [3.63, 3.8) is 0 Å². The van der Waals surface area contributed by atoms with Gasteiger partial charge in [0.05, 0.1) is 12.8 Å². The Balaban J connectivity index is 3.29. The first-order valence-corrected chi connectivity index (χ1v) is 4.52. The SMILES string of the molecule is COc1nn(C)c(C(C)(C)C)c1Cl. The van der Waals surface area contributed by atoms with Crippen LogP contribution in [0.3, 0.4) is 0 Å². The highest BCUT2D eigenvalue weighted by molar-refractivity contribution is 6.32. The van der Waals surface area contributed by atoms with E-state index in [2.05, 4.69) is 25.9 Å². The molecule has 74 valence electrons. The summed E-state index contributed by atoms with van der Waals surface area (Å²) >= 11 is 6.11.